The highest BCUT2D eigenvalue weighted by atomic mass is 127. The van der Waals surface area contributed by atoms with Crippen LogP contribution in [0, 0.1) is 0 Å². The average molecular weight is 525 g/mol. The Morgan fingerprint density at radius 1 is 1.28 bits per heavy atom. The first kappa shape index (κ1) is 23.0. The molecular weight excluding hydrogens is 503 g/mol. The Kier molecular flexibility index (Phi) is 8.76. The Bertz CT molecular complexity index is 805. The summed E-state index contributed by atoms with van der Waals surface area (Å²) in [7, 11) is 0. The molecule has 0 aliphatic carbocycles. The highest BCUT2D eigenvalue weighted by Crippen LogP contribution is 2.39. The molecule has 2 aromatic rings. The Morgan fingerprint density at radius 3 is 2.69 bits per heavy atom. The summed E-state index contributed by atoms with van der Waals surface area (Å²) < 4.78 is 45.7. The van der Waals surface area contributed by atoms with E-state index in [1.807, 2.05) is 6.92 Å². The number of nitrogens with zero attached hydrogens (tertiary/aromatic N) is 1. The minimum absolute atomic E-state index is 0. The smallest absolute Gasteiger partial charge is 0.387 e. The molecule has 0 bridgehead atoms. The third-order valence-electron chi connectivity index (χ3n) is 3.86. The number of ether oxygens (including phenoxy) is 3. The summed E-state index contributed by atoms with van der Waals surface area (Å²) in [5, 5.41) is 16.1. The molecule has 0 radical (unpaired) electrons. The van der Waals surface area contributed by atoms with Gasteiger partial charge in [0.25, 0.3) is 0 Å². The second-order valence-corrected chi connectivity index (χ2v) is 5.80. The van der Waals surface area contributed by atoms with Crippen LogP contribution < -0.4 is 24.8 Å². The van der Waals surface area contributed by atoms with E-state index in [1.165, 1.54) is 12.3 Å². The number of guanidine groups is 1. The summed E-state index contributed by atoms with van der Waals surface area (Å²) in [6.07, 6.45) is 0.615. The number of nitrogens with one attached hydrogen (secondary N) is 2. The van der Waals surface area contributed by atoms with Crippen LogP contribution in [-0.4, -0.2) is 37.6 Å². The molecule has 1 aliphatic rings. The molecular formula is C18H22F2IN3O5. The van der Waals surface area contributed by atoms with Crippen LogP contribution in [0.25, 0.3) is 0 Å². The maximum atomic E-state index is 12.7. The minimum atomic E-state index is -2.97. The topological polar surface area (TPSA) is 97.5 Å². The molecule has 8 nitrogen and oxygen atoms in total. The minimum Gasteiger partial charge on any atom is -0.467 e. The highest BCUT2D eigenvalue weighted by Gasteiger charge is 2.20. The summed E-state index contributed by atoms with van der Waals surface area (Å²) in [6, 6.07) is 6.27. The molecule has 0 saturated heterocycles. The quantitative estimate of drug-likeness (QED) is 0.277. The fourth-order valence-electron chi connectivity index (χ4n) is 2.58. The molecule has 29 heavy (non-hydrogen) atoms. The molecule has 1 atom stereocenters. The fourth-order valence-corrected chi connectivity index (χ4v) is 2.58. The highest BCUT2D eigenvalue weighted by molar-refractivity contribution is 14.0. The third kappa shape index (κ3) is 6.35. The van der Waals surface area contributed by atoms with E-state index in [-0.39, 0.29) is 49.6 Å². The van der Waals surface area contributed by atoms with Gasteiger partial charge in [0.1, 0.15) is 17.6 Å². The number of fused-ring (bicyclic) bond motifs is 1. The van der Waals surface area contributed by atoms with Gasteiger partial charge in [0, 0.05) is 18.2 Å². The number of benzene rings is 1. The van der Waals surface area contributed by atoms with E-state index in [9.17, 15) is 13.9 Å². The maximum absolute atomic E-state index is 12.7. The van der Waals surface area contributed by atoms with E-state index in [0.29, 0.717) is 35.3 Å². The second-order valence-electron chi connectivity index (χ2n) is 5.80. The van der Waals surface area contributed by atoms with Gasteiger partial charge in [0.15, 0.2) is 17.5 Å². The van der Waals surface area contributed by atoms with Gasteiger partial charge in [-0.25, -0.2) is 4.99 Å². The van der Waals surface area contributed by atoms with Gasteiger partial charge in [0.2, 0.25) is 6.79 Å². The van der Waals surface area contributed by atoms with Crippen molar-refractivity contribution in [1.29, 1.82) is 0 Å². The van der Waals surface area contributed by atoms with E-state index >= 15 is 0 Å². The molecule has 1 unspecified atom stereocenters. The van der Waals surface area contributed by atoms with E-state index < -0.39 is 12.7 Å². The van der Waals surface area contributed by atoms with E-state index in [1.54, 1.807) is 18.2 Å². The van der Waals surface area contributed by atoms with Crippen LogP contribution in [0.3, 0.4) is 0 Å². The molecule has 2 heterocycles. The molecule has 11 heteroatoms. The normalized spacial score (nSPS) is 13.8. The predicted molar refractivity (Wildman–Crippen MR) is 111 cm³/mol. The lowest BCUT2D eigenvalue weighted by Crippen LogP contribution is -2.39. The first-order valence-electron chi connectivity index (χ1n) is 8.67. The van der Waals surface area contributed by atoms with Gasteiger partial charge in [0.05, 0.1) is 19.4 Å². The Hall–Kier alpha value is -2.28. The van der Waals surface area contributed by atoms with Crippen molar-refractivity contribution in [2.45, 2.75) is 26.2 Å². The Labute approximate surface area is 183 Å². The number of aliphatic imine (C=N–C) groups is 1. The summed E-state index contributed by atoms with van der Waals surface area (Å²) in [4.78, 5) is 4.36. The van der Waals surface area contributed by atoms with Crippen LogP contribution in [0.2, 0.25) is 0 Å². The zero-order valence-corrected chi connectivity index (χ0v) is 17.9. The van der Waals surface area contributed by atoms with Crippen molar-refractivity contribution < 1.29 is 32.5 Å². The zero-order valence-electron chi connectivity index (χ0n) is 15.6. The molecule has 1 aliphatic heterocycles. The van der Waals surface area contributed by atoms with Crippen molar-refractivity contribution in [2.24, 2.45) is 4.99 Å². The third-order valence-corrected chi connectivity index (χ3v) is 3.86. The number of hydrogen-bond donors (Lipinski definition) is 3. The first-order valence-corrected chi connectivity index (χ1v) is 8.67. The number of aliphatic hydroxyl groups is 1. The van der Waals surface area contributed by atoms with Gasteiger partial charge in [-0.15, -0.1) is 24.0 Å². The van der Waals surface area contributed by atoms with Crippen LogP contribution in [-0.2, 0) is 6.54 Å². The SMILES string of the molecule is CCNC(=NCc1cc2c(cc1OC(F)F)OCO2)NCC(O)c1ccco1.I. The summed E-state index contributed by atoms with van der Waals surface area (Å²) in [6.45, 7) is -0.300. The number of rotatable bonds is 8. The maximum Gasteiger partial charge on any atom is 0.387 e. The molecule has 1 aromatic heterocycles. The second kappa shape index (κ2) is 11.0. The van der Waals surface area contributed by atoms with Crippen molar-refractivity contribution >= 4 is 29.9 Å². The lowest BCUT2D eigenvalue weighted by atomic mass is 10.1. The van der Waals surface area contributed by atoms with Crippen molar-refractivity contribution in [3.05, 3.63) is 41.9 Å². The number of halogens is 3. The van der Waals surface area contributed by atoms with Crippen LogP contribution in [0.1, 0.15) is 24.4 Å². The lowest BCUT2D eigenvalue weighted by Gasteiger charge is -2.15. The number of aliphatic hydroxyl groups excluding tert-OH is 1. The Morgan fingerprint density at radius 2 is 2.03 bits per heavy atom. The molecule has 0 saturated carbocycles. The lowest BCUT2D eigenvalue weighted by molar-refractivity contribution is -0.0505. The standard InChI is InChI=1S/C18H21F2N3O5.HI/c1-2-21-18(23-9-12(24)13-4-3-5-25-13)22-8-11-6-15-16(27-10-26-15)7-14(11)28-17(19)20;/h3-7,12,17,24H,2,8-10H2,1H3,(H2,21,22,23);1H. The summed E-state index contributed by atoms with van der Waals surface area (Å²) in [5.74, 6) is 1.57. The van der Waals surface area contributed by atoms with Gasteiger partial charge >= 0.3 is 6.61 Å². The average Bonchev–Trinajstić information content (AvgIpc) is 3.34. The molecule has 0 amide bonds. The van der Waals surface area contributed by atoms with Crippen LogP contribution in [0.4, 0.5) is 8.78 Å². The summed E-state index contributed by atoms with van der Waals surface area (Å²) in [5.41, 5.74) is 0.410. The number of furan rings is 1. The van der Waals surface area contributed by atoms with Crippen LogP contribution in [0.15, 0.2) is 39.9 Å². The molecule has 3 rings (SSSR count). The van der Waals surface area contributed by atoms with Crippen molar-refractivity contribution in [3.63, 3.8) is 0 Å². The predicted octanol–water partition coefficient (Wildman–Crippen LogP) is 3.02. The van der Waals surface area contributed by atoms with Gasteiger partial charge < -0.3 is 34.4 Å². The van der Waals surface area contributed by atoms with E-state index in [2.05, 4.69) is 20.4 Å². The molecule has 3 N–H and O–H groups in total. The van der Waals surface area contributed by atoms with E-state index in [0.717, 1.165) is 0 Å². The van der Waals surface area contributed by atoms with Crippen LogP contribution >= 0.6 is 24.0 Å². The van der Waals surface area contributed by atoms with Gasteiger partial charge in [-0.05, 0) is 25.1 Å². The van der Waals surface area contributed by atoms with Gasteiger partial charge in [-0.3, -0.25) is 0 Å². The van der Waals surface area contributed by atoms with Crippen molar-refractivity contribution in [2.75, 3.05) is 19.9 Å². The number of hydrogen-bond acceptors (Lipinski definition) is 6. The molecule has 1 aromatic carbocycles. The fraction of sp³-hybridized carbons (Fsp3) is 0.389. The van der Waals surface area contributed by atoms with Crippen molar-refractivity contribution in [3.8, 4) is 17.2 Å². The molecule has 0 fully saturated rings. The van der Waals surface area contributed by atoms with E-state index in [4.69, 9.17) is 13.9 Å². The monoisotopic (exact) mass is 525 g/mol. The van der Waals surface area contributed by atoms with Crippen molar-refractivity contribution in [1.82, 2.24) is 10.6 Å². The Balaban J connectivity index is 0.00000300. The summed E-state index contributed by atoms with van der Waals surface area (Å²) >= 11 is 0. The first-order chi connectivity index (χ1) is 13.6. The van der Waals surface area contributed by atoms with Gasteiger partial charge in [-0.2, -0.15) is 8.78 Å². The number of alkyl halides is 2. The van der Waals surface area contributed by atoms with Gasteiger partial charge in [-0.1, -0.05) is 0 Å². The molecule has 0 spiro atoms. The largest absolute Gasteiger partial charge is 0.467 e. The zero-order chi connectivity index (χ0) is 19.9. The molecule has 160 valence electrons. The van der Waals surface area contributed by atoms with Crippen LogP contribution in [0.5, 0.6) is 17.2 Å².